The Bertz CT molecular complexity index is 653. The van der Waals surface area contributed by atoms with Crippen molar-refractivity contribution in [3.05, 3.63) is 71.8 Å². The molecule has 4 nitrogen and oxygen atoms in total. The van der Waals surface area contributed by atoms with Crippen LogP contribution in [0.4, 0.5) is 0 Å². The van der Waals surface area contributed by atoms with E-state index in [2.05, 4.69) is 22.3 Å². The maximum Gasteiger partial charge on any atom is 0.222 e. The number of rotatable bonds is 7. The van der Waals surface area contributed by atoms with Crippen LogP contribution in [0.5, 0.6) is 0 Å². The average molecular weight is 337 g/mol. The van der Waals surface area contributed by atoms with Gasteiger partial charge in [0, 0.05) is 19.0 Å². The van der Waals surface area contributed by atoms with Gasteiger partial charge in [-0.05, 0) is 37.1 Å². The Balaban J connectivity index is 1.63. The summed E-state index contributed by atoms with van der Waals surface area (Å²) in [5.74, 6) is 0.00408. The van der Waals surface area contributed by atoms with Crippen LogP contribution < -0.4 is 11.1 Å². The van der Waals surface area contributed by atoms with E-state index in [1.807, 2.05) is 48.5 Å². The third-order valence-corrected chi connectivity index (χ3v) is 4.81. The molecule has 1 aliphatic heterocycles. The number of benzene rings is 2. The second-order valence-corrected chi connectivity index (χ2v) is 6.76. The second kappa shape index (κ2) is 8.79. The van der Waals surface area contributed by atoms with Crippen LogP contribution in [0, 0.1) is 0 Å². The fraction of sp³-hybridized carbons (Fsp3) is 0.381. The highest BCUT2D eigenvalue weighted by Crippen LogP contribution is 2.19. The topological polar surface area (TPSA) is 58.4 Å². The van der Waals surface area contributed by atoms with Gasteiger partial charge in [-0.15, -0.1) is 0 Å². The van der Waals surface area contributed by atoms with Crippen molar-refractivity contribution in [2.75, 3.05) is 19.6 Å². The van der Waals surface area contributed by atoms with Crippen molar-refractivity contribution in [1.29, 1.82) is 0 Å². The summed E-state index contributed by atoms with van der Waals surface area (Å²) in [5.41, 5.74) is 8.35. The third kappa shape index (κ3) is 5.15. The molecule has 2 atom stereocenters. The van der Waals surface area contributed by atoms with E-state index in [-0.39, 0.29) is 18.0 Å². The number of carbonyl (C=O) groups excluding carboxylic acids is 1. The number of hydrogen-bond donors (Lipinski definition) is 2. The predicted octanol–water partition coefficient (Wildman–Crippen LogP) is 3.03. The fourth-order valence-corrected chi connectivity index (χ4v) is 3.41. The summed E-state index contributed by atoms with van der Waals surface area (Å²) in [6.45, 7) is 3.09. The largest absolute Gasteiger partial charge is 0.348 e. The fourth-order valence-electron chi connectivity index (χ4n) is 3.41. The summed E-state index contributed by atoms with van der Waals surface area (Å²) in [4.78, 5) is 15.0. The van der Waals surface area contributed by atoms with Gasteiger partial charge in [0.15, 0.2) is 0 Å². The van der Waals surface area contributed by atoms with E-state index in [0.717, 1.165) is 30.8 Å². The first-order chi connectivity index (χ1) is 12.2. The molecule has 0 radical (unpaired) electrons. The zero-order valence-electron chi connectivity index (χ0n) is 14.6. The molecular formula is C21H27N3O. The standard InChI is InChI=1S/C21H27N3O/c22-19(17-9-3-1-4-10-17)15-21(25)23-20(16-24-13-7-8-14-24)18-11-5-2-6-12-18/h1-6,9-12,19-20H,7-8,13-16,22H2,(H,23,25). The Morgan fingerprint density at radius 3 is 2.12 bits per heavy atom. The number of hydrogen-bond acceptors (Lipinski definition) is 3. The minimum atomic E-state index is -0.274. The average Bonchev–Trinajstić information content (AvgIpc) is 3.16. The van der Waals surface area contributed by atoms with Crippen molar-refractivity contribution in [2.24, 2.45) is 5.73 Å². The number of nitrogens with two attached hydrogens (primary N) is 1. The molecule has 3 N–H and O–H groups in total. The van der Waals surface area contributed by atoms with Gasteiger partial charge in [-0.3, -0.25) is 4.79 Å². The van der Waals surface area contributed by atoms with Gasteiger partial charge in [0.2, 0.25) is 5.91 Å². The SMILES string of the molecule is NC(CC(=O)NC(CN1CCCC1)c1ccccc1)c1ccccc1. The predicted molar refractivity (Wildman–Crippen MR) is 101 cm³/mol. The summed E-state index contributed by atoms with van der Waals surface area (Å²) in [7, 11) is 0. The van der Waals surface area contributed by atoms with Gasteiger partial charge in [0.1, 0.15) is 0 Å². The number of likely N-dealkylation sites (tertiary alicyclic amines) is 1. The summed E-state index contributed by atoms with van der Waals surface area (Å²) in [5, 5.41) is 3.20. The zero-order valence-corrected chi connectivity index (χ0v) is 14.6. The van der Waals surface area contributed by atoms with E-state index in [4.69, 9.17) is 5.73 Å². The molecule has 1 amide bonds. The molecule has 1 saturated heterocycles. The van der Waals surface area contributed by atoms with Crippen LogP contribution >= 0.6 is 0 Å². The highest BCUT2D eigenvalue weighted by atomic mass is 16.1. The van der Waals surface area contributed by atoms with E-state index in [9.17, 15) is 4.79 Å². The molecule has 0 aliphatic carbocycles. The Morgan fingerprint density at radius 1 is 0.960 bits per heavy atom. The molecule has 3 rings (SSSR count). The molecule has 2 unspecified atom stereocenters. The number of carbonyl (C=O) groups is 1. The molecule has 0 bridgehead atoms. The first-order valence-corrected chi connectivity index (χ1v) is 9.09. The molecule has 1 fully saturated rings. The van der Waals surface area contributed by atoms with Crippen LogP contribution in [0.1, 0.15) is 42.5 Å². The minimum Gasteiger partial charge on any atom is -0.348 e. The molecular weight excluding hydrogens is 310 g/mol. The van der Waals surface area contributed by atoms with E-state index >= 15 is 0 Å². The van der Waals surface area contributed by atoms with Gasteiger partial charge >= 0.3 is 0 Å². The first kappa shape index (κ1) is 17.6. The molecule has 0 saturated carbocycles. The van der Waals surface area contributed by atoms with Crippen molar-refractivity contribution >= 4 is 5.91 Å². The lowest BCUT2D eigenvalue weighted by atomic mass is 10.0. The smallest absolute Gasteiger partial charge is 0.222 e. The van der Waals surface area contributed by atoms with E-state index in [0.29, 0.717) is 6.42 Å². The zero-order chi connectivity index (χ0) is 17.5. The lowest BCUT2D eigenvalue weighted by molar-refractivity contribution is -0.122. The molecule has 2 aromatic carbocycles. The molecule has 0 spiro atoms. The van der Waals surface area contributed by atoms with Crippen LogP contribution in [0.3, 0.4) is 0 Å². The van der Waals surface area contributed by atoms with E-state index in [1.54, 1.807) is 0 Å². The summed E-state index contributed by atoms with van der Waals surface area (Å²) >= 11 is 0. The van der Waals surface area contributed by atoms with E-state index < -0.39 is 0 Å². The highest BCUT2D eigenvalue weighted by molar-refractivity contribution is 5.77. The summed E-state index contributed by atoms with van der Waals surface area (Å²) in [6.07, 6.45) is 2.79. The molecule has 1 aliphatic rings. The van der Waals surface area contributed by atoms with Crippen molar-refractivity contribution in [1.82, 2.24) is 10.2 Å². The van der Waals surface area contributed by atoms with Crippen molar-refractivity contribution in [3.63, 3.8) is 0 Å². The molecule has 132 valence electrons. The number of nitrogens with one attached hydrogen (secondary N) is 1. The Labute approximate surface area is 150 Å². The van der Waals surface area contributed by atoms with Crippen LogP contribution in [0.15, 0.2) is 60.7 Å². The Hall–Kier alpha value is -2.17. The Morgan fingerprint density at radius 2 is 1.52 bits per heavy atom. The van der Waals surface area contributed by atoms with Gasteiger partial charge in [-0.25, -0.2) is 0 Å². The normalized spacial score (nSPS) is 17.2. The van der Waals surface area contributed by atoms with Crippen LogP contribution in [0.25, 0.3) is 0 Å². The van der Waals surface area contributed by atoms with Crippen molar-refractivity contribution < 1.29 is 4.79 Å². The Kier molecular flexibility index (Phi) is 6.20. The van der Waals surface area contributed by atoms with Crippen molar-refractivity contribution in [3.8, 4) is 0 Å². The van der Waals surface area contributed by atoms with Crippen LogP contribution in [-0.4, -0.2) is 30.4 Å². The second-order valence-electron chi connectivity index (χ2n) is 6.76. The lowest BCUT2D eigenvalue weighted by Crippen LogP contribution is -2.38. The van der Waals surface area contributed by atoms with Crippen LogP contribution in [0.2, 0.25) is 0 Å². The van der Waals surface area contributed by atoms with Gasteiger partial charge in [0.05, 0.1) is 6.04 Å². The molecule has 1 heterocycles. The minimum absolute atomic E-state index is 0.00408. The molecule has 4 heteroatoms. The van der Waals surface area contributed by atoms with Gasteiger partial charge in [0.25, 0.3) is 0 Å². The summed E-state index contributed by atoms with van der Waals surface area (Å²) < 4.78 is 0. The van der Waals surface area contributed by atoms with Crippen LogP contribution in [-0.2, 0) is 4.79 Å². The lowest BCUT2D eigenvalue weighted by Gasteiger charge is -2.25. The maximum absolute atomic E-state index is 12.6. The van der Waals surface area contributed by atoms with Gasteiger partial charge < -0.3 is 16.0 Å². The maximum atomic E-state index is 12.6. The monoisotopic (exact) mass is 337 g/mol. The number of nitrogens with zero attached hydrogens (tertiary/aromatic N) is 1. The highest BCUT2D eigenvalue weighted by Gasteiger charge is 2.21. The van der Waals surface area contributed by atoms with E-state index in [1.165, 1.54) is 12.8 Å². The molecule has 25 heavy (non-hydrogen) atoms. The van der Waals surface area contributed by atoms with Gasteiger partial charge in [-0.1, -0.05) is 60.7 Å². The third-order valence-electron chi connectivity index (χ3n) is 4.81. The molecule has 2 aromatic rings. The number of amides is 1. The summed E-state index contributed by atoms with van der Waals surface area (Å²) in [6, 6.07) is 19.7. The first-order valence-electron chi connectivity index (χ1n) is 9.09. The molecule has 0 aromatic heterocycles. The van der Waals surface area contributed by atoms with Crippen molar-refractivity contribution in [2.45, 2.75) is 31.3 Å². The van der Waals surface area contributed by atoms with Gasteiger partial charge in [-0.2, -0.15) is 0 Å². The quantitative estimate of drug-likeness (QED) is 0.816.